The number of nitrogens with zero attached hydrogens (tertiary/aromatic N) is 1. The van der Waals surface area contributed by atoms with Crippen LogP contribution in [0.3, 0.4) is 0 Å². The van der Waals surface area contributed by atoms with Crippen LogP contribution in [0, 0.1) is 0 Å². The van der Waals surface area contributed by atoms with Gasteiger partial charge in [0.1, 0.15) is 13.2 Å². The molecule has 2 unspecified atom stereocenters. The Balaban J connectivity index is 4.03. The molecule has 0 spiro atoms. The number of hydrogen-bond donors (Lipinski definition) is 0. The lowest BCUT2D eigenvalue weighted by Crippen LogP contribution is -2.44. The molecule has 0 rings (SSSR count). The number of aliphatic carboxylic acids is 1. The van der Waals surface area contributed by atoms with Gasteiger partial charge in [-0.15, -0.1) is 0 Å². The fourth-order valence-electron chi connectivity index (χ4n) is 11.4. The second-order valence-electron chi connectivity index (χ2n) is 28.0. The summed E-state index contributed by atoms with van der Waals surface area (Å²) in [7, 11) is 5.94. The molecule has 2 atom stereocenters. The van der Waals surface area contributed by atoms with Crippen molar-refractivity contribution in [3.8, 4) is 0 Å². The van der Waals surface area contributed by atoms with Crippen molar-refractivity contribution < 1.29 is 42.9 Å². The van der Waals surface area contributed by atoms with Crippen LogP contribution >= 0.6 is 0 Å². The Morgan fingerprint density at radius 3 is 0.895 bits per heavy atom. The zero-order valence-corrected chi connectivity index (χ0v) is 62.8. The van der Waals surface area contributed by atoms with Crippen LogP contribution in [-0.2, 0) is 33.3 Å². The van der Waals surface area contributed by atoms with E-state index in [9.17, 15) is 19.5 Å². The van der Waals surface area contributed by atoms with Gasteiger partial charge in [0.15, 0.2) is 12.4 Å². The Bertz CT molecular complexity index is 1930. The first-order chi connectivity index (χ1) is 46.6. The maximum absolute atomic E-state index is 13.0. The third-order valence-corrected chi connectivity index (χ3v) is 17.5. The van der Waals surface area contributed by atoms with E-state index >= 15 is 0 Å². The molecule has 0 saturated carbocycles. The van der Waals surface area contributed by atoms with E-state index in [4.69, 9.17) is 18.9 Å². The summed E-state index contributed by atoms with van der Waals surface area (Å²) < 4.78 is 22.9. The van der Waals surface area contributed by atoms with E-state index in [1.165, 1.54) is 238 Å². The Morgan fingerprint density at radius 2 is 0.600 bits per heavy atom. The van der Waals surface area contributed by atoms with Gasteiger partial charge in [0.05, 0.1) is 40.3 Å². The van der Waals surface area contributed by atoms with Crippen molar-refractivity contribution >= 4 is 17.9 Å². The predicted octanol–water partition coefficient (Wildman–Crippen LogP) is 24.4. The topological polar surface area (TPSA) is 111 Å². The number of ether oxygens (including phenoxy) is 4. The van der Waals surface area contributed by atoms with Crippen LogP contribution < -0.4 is 5.11 Å². The van der Waals surface area contributed by atoms with Crippen LogP contribution in [0.2, 0.25) is 0 Å². The second kappa shape index (κ2) is 75.7. The van der Waals surface area contributed by atoms with Gasteiger partial charge < -0.3 is 33.3 Å². The molecule has 0 N–H and O–H groups in total. The monoisotopic (exact) mass is 1330 g/mol. The SMILES string of the molecule is CC/C=C\C/C=C\C/C=C\C/C=C\C/C=C\C/C=C\C/C=C\CCCCCCCCCCCCCCCC(=O)OC(COC(=O)CCCCCCCCCCCCCCCCCCCCCCCCC/C=C\C/C=C\CCCCCCC)COC(OCC[N+](C)(C)C)C(=O)[O-]. The Kier molecular flexibility index (Phi) is 72.5. The molecule has 548 valence electrons. The lowest BCUT2D eigenvalue weighted by atomic mass is 10.0. The second-order valence-corrected chi connectivity index (χ2v) is 28.0. The summed E-state index contributed by atoms with van der Waals surface area (Å²) in [6.07, 6.45) is 103. The number of hydrogen-bond acceptors (Lipinski definition) is 8. The van der Waals surface area contributed by atoms with Crippen LogP contribution in [0.1, 0.15) is 361 Å². The number of rotatable bonds is 74. The van der Waals surface area contributed by atoms with E-state index < -0.39 is 24.3 Å². The first kappa shape index (κ1) is 91.0. The van der Waals surface area contributed by atoms with Crippen LogP contribution in [0.25, 0.3) is 0 Å². The third kappa shape index (κ3) is 77.2. The highest BCUT2D eigenvalue weighted by Crippen LogP contribution is 2.19. The number of quaternary nitrogens is 1. The van der Waals surface area contributed by atoms with Gasteiger partial charge in [0, 0.05) is 12.8 Å². The van der Waals surface area contributed by atoms with E-state index in [1.54, 1.807) is 0 Å². The van der Waals surface area contributed by atoms with Crippen molar-refractivity contribution in [2.24, 2.45) is 0 Å². The minimum absolute atomic E-state index is 0.145. The number of likely N-dealkylation sites (N-methyl/N-ethyl adjacent to an activating group) is 1. The van der Waals surface area contributed by atoms with Crippen molar-refractivity contribution in [2.45, 2.75) is 373 Å². The third-order valence-electron chi connectivity index (χ3n) is 17.5. The molecule has 0 fully saturated rings. The van der Waals surface area contributed by atoms with Gasteiger partial charge >= 0.3 is 11.9 Å². The predicted molar refractivity (Wildman–Crippen MR) is 407 cm³/mol. The minimum atomic E-state index is -1.63. The molecule has 0 aromatic carbocycles. The lowest BCUT2D eigenvalue weighted by Gasteiger charge is -2.26. The molecular weight excluding hydrogens is 1170 g/mol. The van der Waals surface area contributed by atoms with Gasteiger partial charge in [-0.2, -0.15) is 0 Å². The molecule has 0 bridgehead atoms. The van der Waals surface area contributed by atoms with E-state index in [0.29, 0.717) is 23.9 Å². The summed E-state index contributed by atoms with van der Waals surface area (Å²) in [6.45, 7) is 4.66. The summed E-state index contributed by atoms with van der Waals surface area (Å²) in [5.41, 5.74) is 0. The number of allylic oxidation sites excluding steroid dienone is 18. The summed E-state index contributed by atoms with van der Waals surface area (Å²) in [4.78, 5) is 37.6. The maximum Gasteiger partial charge on any atom is 0.306 e. The zero-order chi connectivity index (χ0) is 69.0. The fraction of sp³-hybridized carbons (Fsp3) is 0.756. The minimum Gasteiger partial charge on any atom is -0.545 e. The van der Waals surface area contributed by atoms with E-state index in [1.807, 2.05) is 21.1 Å². The zero-order valence-electron chi connectivity index (χ0n) is 62.8. The van der Waals surface area contributed by atoms with E-state index in [-0.39, 0.29) is 32.2 Å². The molecule has 9 heteroatoms. The first-order valence-corrected chi connectivity index (χ1v) is 40.0. The fourth-order valence-corrected chi connectivity index (χ4v) is 11.4. The van der Waals surface area contributed by atoms with Crippen LogP contribution in [-0.4, -0.2) is 82.3 Å². The Hall–Kier alpha value is -4.05. The maximum atomic E-state index is 13.0. The normalized spacial score (nSPS) is 13.2. The number of carbonyl (C=O) groups is 3. The van der Waals surface area contributed by atoms with Crippen LogP contribution in [0.5, 0.6) is 0 Å². The van der Waals surface area contributed by atoms with Gasteiger partial charge in [0.2, 0.25) is 0 Å². The highest BCUT2D eigenvalue weighted by molar-refractivity contribution is 5.70. The molecule has 0 saturated heterocycles. The molecule has 0 aromatic heterocycles. The van der Waals surface area contributed by atoms with Crippen molar-refractivity contribution in [2.75, 3.05) is 47.5 Å². The molecule has 0 radical (unpaired) electrons. The number of carbonyl (C=O) groups excluding carboxylic acids is 3. The average molecular weight is 1330 g/mol. The van der Waals surface area contributed by atoms with Crippen molar-refractivity contribution in [3.63, 3.8) is 0 Å². The van der Waals surface area contributed by atoms with Gasteiger partial charge in [0.25, 0.3) is 0 Å². The highest BCUT2D eigenvalue weighted by atomic mass is 16.7. The van der Waals surface area contributed by atoms with E-state index in [2.05, 4.69) is 123 Å². The molecular formula is C86H151NO8. The summed E-state index contributed by atoms with van der Waals surface area (Å²) in [5, 5.41) is 11.9. The number of unbranched alkanes of at least 4 members (excludes halogenated alkanes) is 41. The number of carboxylic acids is 1. The first-order valence-electron chi connectivity index (χ1n) is 40.0. The van der Waals surface area contributed by atoms with E-state index in [0.717, 1.165) is 89.9 Å². The molecule has 0 aromatic rings. The lowest BCUT2D eigenvalue weighted by molar-refractivity contribution is -0.870. The number of carboxylic acid groups (broad SMARTS) is 1. The smallest absolute Gasteiger partial charge is 0.306 e. The summed E-state index contributed by atoms with van der Waals surface area (Å²) in [6, 6.07) is 0. The Labute approximate surface area is 587 Å². The molecule has 0 aliphatic carbocycles. The van der Waals surface area contributed by atoms with Crippen molar-refractivity contribution in [3.05, 3.63) is 109 Å². The average Bonchev–Trinajstić information content (AvgIpc) is 3.58. The van der Waals surface area contributed by atoms with Crippen LogP contribution in [0.15, 0.2) is 109 Å². The van der Waals surface area contributed by atoms with Gasteiger partial charge in [-0.25, -0.2) is 0 Å². The van der Waals surface area contributed by atoms with Gasteiger partial charge in [-0.05, 0) is 103 Å². The highest BCUT2D eigenvalue weighted by Gasteiger charge is 2.22. The molecule has 95 heavy (non-hydrogen) atoms. The summed E-state index contributed by atoms with van der Waals surface area (Å²) >= 11 is 0. The molecule has 0 amide bonds. The van der Waals surface area contributed by atoms with Gasteiger partial charge in [-0.1, -0.05) is 354 Å². The van der Waals surface area contributed by atoms with Crippen molar-refractivity contribution in [1.82, 2.24) is 0 Å². The molecule has 0 aliphatic rings. The largest absolute Gasteiger partial charge is 0.545 e. The molecule has 0 aliphatic heterocycles. The van der Waals surface area contributed by atoms with Crippen LogP contribution in [0.4, 0.5) is 0 Å². The quantitative estimate of drug-likeness (QED) is 0.0195. The van der Waals surface area contributed by atoms with Crippen molar-refractivity contribution in [1.29, 1.82) is 0 Å². The standard InChI is InChI=1S/C86H151NO8/c1-6-8-10-12-14-16-18-20-22-24-26-28-30-32-34-36-38-40-42-44-46-48-50-52-54-56-58-60-62-64-66-68-70-72-74-76-83(88)93-80-82(81-94-86(85(90)91)92-79-78-87(3,4)5)95-84(89)77-75-73-71-69-67-65-63-61-59-57-55-53-51-49-47-45-43-41-39-37-35-33-31-29-27-25-23-21-19-17-15-13-11-9-7-2/h9,11,15,17-18,20-21,23-24,26-27,29,33,35,39,41,45,47,82,86H,6-8,10,12-14,16,19,22,25,28,30-32,34,36-38,40,42-44,46,48-81H2,1-5H3/b11-9-,17-15-,20-18-,23-21-,26-24-,29-27-,35-33-,41-39-,47-45-. The number of esters is 2. The van der Waals surface area contributed by atoms with Gasteiger partial charge in [-0.3, -0.25) is 9.59 Å². The molecule has 0 heterocycles. The molecule has 9 nitrogen and oxygen atoms in total. The Morgan fingerprint density at radius 1 is 0.326 bits per heavy atom. The summed E-state index contributed by atoms with van der Waals surface area (Å²) in [5.74, 6) is -2.27.